The molecule has 0 saturated carbocycles. The monoisotopic (exact) mass is 287 g/mol. The van der Waals surface area contributed by atoms with Crippen LogP contribution in [0.1, 0.15) is 27.2 Å². The molecule has 1 aliphatic heterocycles. The summed E-state index contributed by atoms with van der Waals surface area (Å²) in [4.78, 5) is 35.5. The first-order valence-corrected chi connectivity index (χ1v) is 6.76. The van der Waals surface area contributed by atoms with Crippen LogP contribution >= 0.6 is 0 Å². The maximum Gasteiger partial charge on any atom is 0.340 e. The maximum absolute atomic E-state index is 12.0. The number of carbonyl (C=O) groups excluding carboxylic acids is 3. The van der Waals surface area contributed by atoms with Gasteiger partial charge >= 0.3 is 11.9 Å². The number of esters is 2. The molecule has 2 atom stereocenters. The Bertz CT molecular complexity index is 352. The van der Waals surface area contributed by atoms with E-state index in [1.807, 2.05) is 6.92 Å². The van der Waals surface area contributed by atoms with E-state index < -0.39 is 30.0 Å². The van der Waals surface area contributed by atoms with Crippen molar-refractivity contribution in [2.45, 2.75) is 39.3 Å². The lowest BCUT2D eigenvalue weighted by molar-refractivity contribution is -0.160. The lowest BCUT2D eigenvalue weighted by atomic mass is 10.0. The fourth-order valence-electron chi connectivity index (χ4n) is 1.92. The second kappa shape index (κ2) is 7.84. The highest BCUT2D eigenvalue weighted by atomic mass is 16.6. The Morgan fingerprint density at radius 3 is 2.15 bits per heavy atom. The van der Waals surface area contributed by atoms with Crippen LogP contribution in [0.15, 0.2) is 0 Å². The quantitative estimate of drug-likeness (QED) is 0.547. The van der Waals surface area contributed by atoms with Crippen LogP contribution < -0.4 is 5.32 Å². The molecular formula is C13H21NO6. The van der Waals surface area contributed by atoms with Gasteiger partial charge in [-0.1, -0.05) is 6.92 Å². The summed E-state index contributed by atoms with van der Waals surface area (Å²) in [6.45, 7) is 5.82. The van der Waals surface area contributed by atoms with Crippen molar-refractivity contribution in [3.8, 4) is 0 Å². The molecule has 1 saturated heterocycles. The van der Waals surface area contributed by atoms with Crippen molar-refractivity contribution in [2.24, 2.45) is 5.92 Å². The molecular weight excluding hydrogens is 266 g/mol. The van der Waals surface area contributed by atoms with Gasteiger partial charge in [0.25, 0.3) is 5.91 Å². The first-order valence-electron chi connectivity index (χ1n) is 6.76. The van der Waals surface area contributed by atoms with Crippen LogP contribution in [0.5, 0.6) is 0 Å². The van der Waals surface area contributed by atoms with E-state index in [0.29, 0.717) is 6.61 Å². The SMILES string of the molecule is CCOC(=O)C(NC(=O)C1OCCC1C)C(=O)OCC. The third-order valence-electron chi connectivity index (χ3n) is 2.98. The minimum Gasteiger partial charge on any atom is -0.464 e. The van der Waals surface area contributed by atoms with E-state index in [9.17, 15) is 14.4 Å². The first-order chi connectivity index (χ1) is 9.51. The number of ether oxygens (including phenoxy) is 3. The molecule has 7 nitrogen and oxygen atoms in total. The summed E-state index contributed by atoms with van der Waals surface area (Å²) < 4.78 is 14.8. The van der Waals surface area contributed by atoms with Gasteiger partial charge < -0.3 is 19.5 Å². The number of carbonyl (C=O) groups is 3. The molecule has 0 aromatic carbocycles. The number of hydrogen-bond donors (Lipinski definition) is 1. The summed E-state index contributed by atoms with van der Waals surface area (Å²) in [7, 11) is 0. The molecule has 1 rings (SSSR count). The van der Waals surface area contributed by atoms with Gasteiger partial charge in [0.1, 0.15) is 6.10 Å². The Labute approximate surface area is 117 Å². The van der Waals surface area contributed by atoms with Gasteiger partial charge in [0.2, 0.25) is 6.04 Å². The zero-order valence-electron chi connectivity index (χ0n) is 12.0. The van der Waals surface area contributed by atoms with Crippen molar-refractivity contribution in [1.82, 2.24) is 5.32 Å². The average Bonchev–Trinajstić information content (AvgIpc) is 2.82. The van der Waals surface area contributed by atoms with Crippen LogP contribution in [-0.4, -0.2) is 49.8 Å². The van der Waals surface area contributed by atoms with E-state index in [0.717, 1.165) is 6.42 Å². The van der Waals surface area contributed by atoms with Gasteiger partial charge in [-0.05, 0) is 26.2 Å². The summed E-state index contributed by atoms with van der Waals surface area (Å²) in [5.74, 6) is -2.11. The molecule has 1 N–H and O–H groups in total. The van der Waals surface area contributed by atoms with E-state index in [4.69, 9.17) is 14.2 Å². The average molecular weight is 287 g/mol. The van der Waals surface area contributed by atoms with Crippen molar-refractivity contribution < 1.29 is 28.6 Å². The van der Waals surface area contributed by atoms with Gasteiger partial charge in [-0.2, -0.15) is 0 Å². The predicted molar refractivity (Wildman–Crippen MR) is 68.7 cm³/mol. The van der Waals surface area contributed by atoms with Crippen LogP contribution in [-0.2, 0) is 28.6 Å². The molecule has 7 heteroatoms. The van der Waals surface area contributed by atoms with Crippen molar-refractivity contribution in [3.05, 3.63) is 0 Å². The highest BCUT2D eigenvalue weighted by Crippen LogP contribution is 2.20. The van der Waals surface area contributed by atoms with Gasteiger partial charge in [-0.3, -0.25) is 4.79 Å². The van der Waals surface area contributed by atoms with E-state index in [2.05, 4.69) is 5.32 Å². The predicted octanol–water partition coefficient (Wildman–Crippen LogP) is 0.0224. The number of hydrogen-bond acceptors (Lipinski definition) is 6. The second-order valence-corrected chi connectivity index (χ2v) is 4.50. The molecule has 1 fully saturated rings. The summed E-state index contributed by atoms with van der Waals surface area (Å²) >= 11 is 0. The normalized spacial score (nSPS) is 21.6. The molecule has 0 aromatic heterocycles. The maximum atomic E-state index is 12.0. The Morgan fingerprint density at radius 1 is 1.20 bits per heavy atom. The molecule has 1 amide bonds. The summed E-state index contributed by atoms with van der Waals surface area (Å²) in [5, 5.41) is 2.35. The highest BCUT2D eigenvalue weighted by molar-refractivity contribution is 6.03. The van der Waals surface area contributed by atoms with Crippen molar-refractivity contribution in [2.75, 3.05) is 19.8 Å². The third kappa shape index (κ3) is 4.19. The number of rotatable bonds is 6. The van der Waals surface area contributed by atoms with Crippen LogP contribution in [0, 0.1) is 5.92 Å². The summed E-state index contributed by atoms with van der Waals surface area (Å²) in [6.07, 6.45) is 0.114. The fourth-order valence-corrected chi connectivity index (χ4v) is 1.92. The molecule has 0 bridgehead atoms. The summed E-state index contributed by atoms with van der Waals surface area (Å²) in [5.41, 5.74) is 0. The minimum absolute atomic E-state index is 0.0417. The molecule has 1 aliphatic rings. The Hall–Kier alpha value is -1.63. The topological polar surface area (TPSA) is 90.9 Å². The van der Waals surface area contributed by atoms with Crippen molar-refractivity contribution in [3.63, 3.8) is 0 Å². The molecule has 114 valence electrons. The molecule has 0 radical (unpaired) electrons. The lowest BCUT2D eigenvalue weighted by Crippen LogP contribution is -2.51. The van der Waals surface area contributed by atoms with Crippen LogP contribution in [0.3, 0.4) is 0 Å². The van der Waals surface area contributed by atoms with Crippen LogP contribution in [0.25, 0.3) is 0 Å². The lowest BCUT2D eigenvalue weighted by Gasteiger charge is -2.19. The Kier molecular flexibility index (Phi) is 6.44. The zero-order valence-corrected chi connectivity index (χ0v) is 12.0. The van der Waals surface area contributed by atoms with Gasteiger partial charge in [-0.15, -0.1) is 0 Å². The molecule has 0 aliphatic carbocycles. The number of amides is 1. The largest absolute Gasteiger partial charge is 0.464 e. The van der Waals surface area contributed by atoms with E-state index in [-0.39, 0.29) is 19.1 Å². The van der Waals surface area contributed by atoms with E-state index in [1.165, 1.54) is 0 Å². The molecule has 20 heavy (non-hydrogen) atoms. The highest BCUT2D eigenvalue weighted by Gasteiger charge is 2.37. The zero-order chi connectivity index (χ0) is 15.1. The second-order valence-electron chi connectivity index (χ2n) is 4.50. The molecule has 2 unspecified atom stereocenters. The van der Waals surface area contributed by atoms with E-state index >= 15 is 0 Å². The molecule has 0 aromatic rings. The summed E-state index contributed by atoms with van der Waals surface area (Å²) in [6, 6.07) is -1.45. The third-order valence-corrected chi connectivity index (χ3v) is 2.98. The smallest absolute Gasteiger partial charge is 0.340 e. The standard InChI is InChI=1S/C13H21NO6/c1-4-18-12(16)9(13(17)19-5-2)14-11(15)10-8(3)6-7-20-10/h8-10H,4-7H2,1-3H3,(H,14,15). The van der Waals surface area contributed by atoms with E-state index in [1.54, 1.807) is 13.8 Å². The van der Waals surface area contributed by atoms with Crippen molar-refractivity contribution >= 4 is 17.8 Å². The van der Waals surface area contributed by atoms with Gasteiger partial charge in [0.15, 0.2) is 0 Å². The Balaban J connectivity index is 2.70. The first kappa shape index (κ1) is 16.4. The van der Waals surface area contributed by atoms with Crippen LogP contribution in [0.4, 0.5) is 0 Å². The van der Waals surface area contributed by atoms with Gasteiger partial charge in [-0.25, -0.2) is 9.59 Å². The molecule has 1 heterocycles. The van der Waals surface area contributed by atoms with Gasteiger partial charge in [0, 0.05) is 6.61 Å². The fraction of sp³-hybridized carbons (Fsp3) is 0.769. The Morgan fingerprint density at radius 2 is 1.75 bits per heavy atom. The molecule has 0 spiro atoms. The van der Waals surface area contributed by atoms with Gasteiger partial charge in [0.05, 0.1) is 13.2 Å². The van der Waals surface area contributed by atoms with Crippen LogP contribution in [0.2, 0.25) is 0 Å². The van der Waals surface area contributed by atoms with Crippen molar-refractivity contribution in [1.29, 1.82) is 0 Å². The minimum atomic E-state index is -1.45. The number of nitrogens with one attached hydrogen (secondary N) is 1.